The van der Waals surface area contributed by atoms with Gasteiger partial charge in [-0.15, -0.1) is 0 Å². The van der Waals surface area contributed by atoms with Crippen molar-refractivity contribution in [3.05, 3.63) is 0 Å². The van der Waals surface area contributed by atoms with Gasteiger partial charge >= 0.3 is 0 Å². The Labute approximate surface area is 117 Å². The summed E-state index contributed by atoms with van der Waals surface area (Å²) >= 11 is 0. The van der Waals surface area contributed by atoms with E-state index < -0.39 is 11.8 Å². The predicted molar refractivity (Wildman–Crippen MR) is 69.3 cm³/mol. The highest BCUT2D eigenvalue weighted by Crippen LogP contribution is 2.24. The van der Waals surface area contributed by atoms with Gasteiger partial charge in [0.25, 0.3) is 0 Å². The van der Waals surface area contributed by atoms with E-state index in [1.54, 1.807) is 0 Å². The summed E-state index contributed by atoms with van der Waals surface area (Å²) in [5.41, 5.74) is 0. The second kappa shape index (κ2) is 6.49. The van der Waals surface area contributed by atoms with Crippen LogP contribution in [-0.2, 0) is 19.2 Å². The third kappa shape index (κ3) is 3.79. The quantitative estimate of drug-likeness (QED) is 0.657. The van der Waals surface area contributed by atoms with Crippen LogP contribution in [0.25, 0.3) is 0 Å². The molecule has 7 nitrogen and oxygen atoms in total. The van der Waals surface area contributed by atoms with E-state index in [0.717, 1.165) is 25.7 Å². The molecular weight excluding hydrogens is 262 g/mol. The van der Waals surface area contributed by atoms with Gasteiger partial charge in [0, 0.05) is 18.9 Å². The van der Waals surface area contributed by atoms with Crippen LogP contribution >= 0.6 is 0 Å². The van der Waals surface area contributed by atoms with Crippen LogP contribution in [0.2, 0.25) is 0 Å². The Bertz CT molecular complexity index is 413. The molecule has 0 radical (unpaired) electrons. The van der Waals surface area contributed by atoms with Crippen molar-refractivity contribution >= 4 is 23.6 Å². The van der Waals surface area contributed by atoms with E-state index in [2.05, 4.69) is 10.6 Å². The molecule has 0 aromatic rings. The summed E-state index contributed by atoms with van der Waals surface area (Å²) in [5, 5.41) is 4.88. The third-order valence-corrected chi connectivity index (χ3v) is 3.66. The zero-order valence-electron chi connectivity index (χ0n) is 11.3. The van der Waals surface area contributed by atoms with Crippen LogP contribution < -0.4 is 10.6 Å². The molecule has 1 saturated heterocycles. The number of carbonyl (C=O) groups excluding carboxylic acids is 4. The van der Waals surface area contributed by atoms with Crippen LogP contribution in [0.15, 0.2) is 0 Å². The minimum atomic E-state index is -0.468. The van der Waals surface area contributed by atoms with Crippen molar-refractivity contribution in [1.82, 2.24) is 15.5 Å². The molecule has 1 heterocycles. The molecular formula is C13H19N3O4. The molecule has 1 aliphatic carbocycles. The van der Waals surface area contributed by atoms with E-state index in [1.165, 1.54) is 4.90 Å². The van der Waals surface area contributed by atoms with Crippen LogP contribution in [0.4, 0.5) is 0 Å². The van der Waals surface area contributed by atoms with Crippen LogP contribution in [0, 0.1) is 5.92 Å². The molecule has 4 amide bonds. The first-order valence-corrected chi connectivity index (χ1v) is 6.94. The van der Waals surface area contributed by atoms with E-state index in [9.17, 15) is 19.2 Å². The molecule has 0 aromatic carbocycles. The molecule has 0 bridgehead atoms. The van der Waals surface area contributed by atoms with Gasteiger partial charge in [-0.1, -0.05) is 12.8 Å². The van der Waals surface area contributed by atoms with Gasteiger partial charge in [0.1, 0.15) is 13.1 Å². The van der Waals surface area contributed by atoms with Gasteiger partial charge in [-0.3, -0.25) is 24.5 Å². The van der Waals surface area contributed by atoms with Gasteiger partial charge in [-0.05, 0) is 12.8 Å². The smallest absolute Gasteiger partial charge is 0.246 e. The van der Waals surface area contributed by atoms with Gasteiger partial charge in [0.05, 0.1) is 0 Å². The number of nitrogens with zero attached hydrogens (tertiary/aromatic N) is 1. The Hall–Kier alpha value is -1.92. The summed E-state index contributed by atoms with van der Waals surface area (Å²) in [6.45, 7) is 0.0583. The summed E-state index contributed by atoms with van der Waals surface area (Å²) in [5.74, 6) is -1.15. The Morgan fingerprint density at radius 1 is 1.15 bits per heavy atom. The van der Waals surface area contributed by atoms with Crippen molar-refractivity contribution < 1.29 is 19.2 Å². The zero-order chi connectivity index (χ0) is 14.5. The molecule has 7 heteroatoms. The van der Waals surface area contributed by atoms with Gasteiger partial charge in [0.15, 0.2) is 0 Å². The fourth-order valence-corrected chi connectivity index (χ4v) is 2.60. The van der Waals surface area contributed by atoms with Crippen molar-refractivity contribution in [2.45, 2.75) is 32.1 Å². The standard InChI is InChI=1S/C13H19N3O4/c17-10-7-16(8-11(18)15-10)12(19)5-6-14-13(20)9-3-1-2-4-9/h9H,1-8H2,(H,14,20)(H,15,17,18). The lowest BCUT2D eigenvalue weighted by Crippen LogP contribution is -2.53. The SMILES string of the molecule is O=C1CN(C(=O)CCNC(=O)C2CCCC2)CC(=O)N1. The van der Waals surface area contributed by atoms with Gasteiger partial charge < -0.3 is 10.2 Å². The first-order valence-electron chi connectivity index (χ1n) is 6.94. The Morgan fingerprint density at radius 3 is 2.35 bits per heavy atom. The van der Waals surface area contributed by atoms with Crippen LogP contribution in [0.3, 0.4) is 0 Å². The summed E-state index contributed by atoms with van der Waals surface area (Å²) in [6, 6.07) is 0. The van der Waals surface area contributed by atoms with Crippen molar-refractivity contribution in [2.24, 2.45) is 5.92 Å². The lowest BCUT2D eigenvalue weighted by atomic mass is 10.1. The molecule has 110 valence electrons. The van der Waals surface area contributed by atoms with Crippen molar-refractivity contribution in [2.75, 3.05) is 19.6 Å². The second-order valence-electron chi connectivity index (χ2n) is 5.24. The maximum absolute atomic E-state index is 11.8. The number of hydrogen-bond acceptors (Lipinski definition) is 4. The van der Waals surface area contributed by atoms with E-state index in [-0.39, 0.29) is 43.8 Å². The lowest BCUT2D eigenvalue weighted by molar-refractivity contribution is -0.145. The fraction of sp³-hybridized carbons (Fsp3) is 0.692. The number of nitrogens with one attached hydrogen (secondary N) is 2. The molecule has 2 aliphatic rings. The first-order chi connectivity index (χ1) is 9.56. The van der Waals surface area contributed by atoms with Crippen molar-refractivity contribution in [3.63, 3.8) is 0 Å². The van der Waals surface area contributed by atoms with E-state index >= 15 is 0 Å². The van der Waals surface area contributed by atoms with Crippen LogP contribution in [0.1, 0.15) is 32.1 Å². The van der Waals surface area contributed by atoms with E-state index in [0.29, 0.717) is 0 Å². The van der Waals surface area contributed by atoms with E-state index in [1.807, 2.05) is 0 Å². The monoisotopic (exact) mass is 281 g/mol. The highest BCUT2D eigenvalue weighted by Gasteiger charge is 2.26. The Kier molecular flexibility index (Phi) is 4.70. The van der Waals surface area contributed by atoms with Gasteiger partial charge in [-0.25, -0.2) is 0 Å². The largest absolute Gasteiger partial charge is 0.355 e. The van der Waals surface area contributed by atoms with Gasteiger partial charge in [-0.2, -0.15) is 0 Å². The van der Waals surface area contributed by atoms with Crippen molar-refractivity contribution in [1.29, 1.82) is 0 Å². The molecule has 0 spiro atoms. The minimum Gasteiger partial charge on any atom is -0.355 e. The Morgan fingerprint density at radius 2 is 1.75 bits per heavy atom. The summed E-state index contributed by atoms with van der Waals surface area (Å²) in [4.78, 5) is 47.1. The maximum Gasteiger partial charge on any atom is 0.246 e. The molecule has 2 fully saturated rings. The topological polar surface area (TPSA) is 95.6 Å². The predicted octanol–water partition coefficient (Wildman–Crippen LogP) is -0.832. The first kappa shape index (κ1) is 14.5. The minimum absolute atomic E-state index is 0.00256. The average Bonchev–Trinajstić information content (AvgIpc) is 2.91. The number of hydrogen-bond donors (Lipinski definition) is 2. The molecule has 2 rings (SSSR count). The van der Waals surface area contributed by atoms with Crippen molar-refractivity contribution in [3.8, 4) is 0 Å². The van der Waals surface area contributed by atoms with Crippen LogP contribution in [-0.4, -0.2) is 48.2 Å². The maximum atomic E-state index is 11.8. The molecule has 1 saturated carbocycles. The number of carbonyl (C=O) groups is 4. The average molecular weight is 281 g/mol. The second-order valence-corrected chi connectivity index (χ2v) is 5.24. The molecule has 0 aromatic heterocycles. The molecule has 0 unspecified atom stereocenters. The number of rotatable bonds is 4. The number of imide groups is 1. The Balaban J connectivity index is 1.70. The zero-order valence-corrected chi connectivity index (χ0v) is 11.3. The molecule has 0 atom stereocenters. The van der Waals surface area contributed by atoms with Gasteiger partial charge in [0.2, 0.25) is 23.6 Å². The summed E-state index contributed by atoms with van der Waals surface area (Å²) in [6.07, 6.45) is 4.12. The molecule has 20 heavy (non-hydrogen) atoms. The fourth-order valence-electron chi connectivity index (χ4n) is 2.60. The third-order valence-electron chi connectivity index (χ3n) is 3.66. The van der Waals surface area contributed by atoms with E-state index in [4.69, 9.17) is 0 Å². The number of amides is 4. The normalized spacial score (nSPS) is 19.9. The molecule has 1 aliphatic heterocycles. The summed E-state index contributed by atoms with van der Waals surface area (Å²) < 4.78 is 0. The van der Waals surface area contributed by atoms with Crippen LogP contribution in [0.5, 0.6) is 0 Å². The molecule has 2 N–H and O–H groups in total. The summed E-state index contributed by atoms with van der Waals surface area (Å²) in [7, 11) is 0. The highest BCUT2D eigenvalue weighted by atomic mass is 16.2. The lowest BCUT2D eigenvalue weighted by Gasteiger charge is -2.25. The number of piperazine rings is 1. The highest BCUT2D eigenvalue weighted by molar-refractivity contribution is 6.02.